The lowest BCUT2D eigenvalue weighted by Gasteiger charge is -2.29. The van der Waals surface area contributed by atoms with Gasteiger partial charge in [0, 0.05) is 0 Å². The average molecular weight is 412 g/mol. The number of hydroxylamine groups is 1. The SMILES string of the molecule is CCc1ccc(N2C(=O)[C@H]3[C@H](ON(c4ccccc4)[C@H]3c3ccccc3C)C2=O)cc1. The smallest absolute Gasteiger partial charge is 0.266 e. The summed E-state index contributed by atoms with van der Waals surface area (Å²) in [5.74, 6) is -1.14. The summed E-state index contributed by atoms with van der Waals surface area (Å²) in [6.07, 6.45) is 0.0564. The third-order valence-corrected chi connectivity index (χ3v) is 6.24. The van der Waals surface area contributed by atoms with Crippen LogP contribution in [0.3, 0.4) is 0 Å². The lowest BCUT2D eigenvalue weighted by Crippen LogP contribution is -2.37. The molecule has 0 N–H and O–H groups in total. The second-order valence-electron chi connectivity index (χ2n) is 8.05. The van der Waals surface area contributed by atoms with Crippen LogP contribution < -0.4 is 9.96 Å². The number of hydrogen-bond acceptors (Lipinski definition) is 4. The van der Waals surface area contributed by atoms with E-state index in [4.69, 9.17) is 4.84 Å². The van der Waals surface area contributed by atoms with E-state index in [-0.39, 0.29) is 17.9 Å². The lowest BCUT2D eigenvalue weighted by molar-refractivity contribution is -0.126. The molecule has 3 atom stereocenters. The number of anilines is 2. The fraction of sp³-hybridized carbons (Fsp3) is 0.231. The van der Waals surface area contributed by atoms with E-state index in [9.17, 15) is 9.59 Å². The number of fused-ring (bicyclic) bond motifs is 1. The molecule has 2 saturated heterocycles. The predicted octanol–water partition coefficient (Wildman–Crippen LogP) is 4.61. The molecule has 0 bridgehead atoms. The second-order valence-corrected chi connectivity index (χ2v) is 8.05. The highest BCUT2D eigenvalue weighted by molar-refractivity contribution is 6.23. The van der Waals surface area contributed by atoms with Crippen LogP contribution >= 0.6 is 0 Å². The van der Waals surface area contributed by atoms with E-state index >= 15 is 0 Å². The van der Waals surface area contributed by atoms with Gasteiger partial charge in [-0.25, -0.2) is 9.96 Å². The Hall–Kier alpha value is -3.44. The standard InChI is InChI=1S/C26H24N2O3/c1-3-18-13-15-19(16-14-18)27-25(29)22-23(21-12-8-7-9-17(21)2)28(31-24(22)26(27)30)20-10-5-4-6-11-20/h4-16,22-24H,3H2,1-2H3/t22-,23+,24+/m1/s1. The van der Waals surface area contributed by atoms with Gasteiger partial charge in [-0.3, -0.25) is 14.4 Å². The van der Waals surface area contributed by atoms with E-state index in [1.165, 1.54) is 4.90 Å². The lowest BCUT2D eigenvalue weighted by atomic mass is 9.88. The number of imide groups is 1. The third-order valence-electron chi connectivity index (χ3n) is 6.24. The van der Waals surface area contributed by atoms with Gasteiger partial charge in [-0.1, -0.05) is 61.5 Å². The monoisotopic (exact) mass is 412 g/mol. The Bertz CT molecular complexity index is 1130. The predicted molar refractivity (Wildman–Crippen MR) is 120 cm³/mol. The molecule has 5 nitrogen and oxygen atoms in total. The zero-order valence-corrected chi connectivity index (χ0v) is 17.6. The molecular weight excluding hydrogens is 388 g/mol. The number of carbonyl (C=O) groups excluding carboxylic acids is 2. The van der Waals surface area contributed by atoms with E-state index < -0.39 is 12.0 Å². The average Bonchev–Trinajstić information content (AvgIpc) is 3.31. The summed E-state index contributed by atoms with van der Waals surface area (Å²) in [7, 11) is 0. The zero-order chi connectivity index (χ0) is 21.5. The number of para-hydroxylation sites is 1. The normalized spacial score (nSPS) is 22.8. The Balaban J connectivity index is 1.58. The second kappa shape index (κ2) is 7.67. The highest BCUT2D eigenvalue weighted by Crippen LogP contribution is 2.48. The van der Waals surface area contributed by atoms with Gasteiger partial charge in [0.15, 0.2) is 6.10 Å². The zero-order valence-electron chi connectivity index (χ0n) is 17.6. The summed E-state index contributed by atoms with van der Waals surface area (Å²) >= 11 is 0. The van der Waals surface area contributed by atoms with Gasteiger partial charge >= 0.3 is 0 Å². The Morgan fingerprint density at radius 1 is 0.806 bits per heavy atom. The number of aryl methyl sites for hydroxylation is 2. The molecule has 5 rings (SSSR count). The van der Waals surface area contributed by atoms with E-state index in [0.29, 0.717) is 5.69 Å². The van der Waals surface area contributed by atoms with Gasteiger partial charge in [0.1, 0.15) is 5.92 Å². The largest absolute Gasteiger partial charge is 0.273 e. The quantitative estimate of drug-likeness (QED) is 0.588. The number of hydrogen-bond donors (Lipinski definition) is 0. The first-order valence-corrected chi connectivity index (χ1v) is 10.6. The molecule has 0 radical (unpaired) electrons. The van der Waals surface area contributed by atoms with Gasteiger partial charge in [0.2, 0.25) is 5.91 Å². The van der Waals surface area contributed by atoms with E-state index in [2.05, 4.69) is 6.92 Å². The van der Waals surface area contributed by atoms with Crippen molar-refractivity contribution in [2.75, 3.05) is 9.96 Å². The Morgan fingerprint density at radius 2 is 1.48 bits per heavy atom. The van der Waals surface area contributed by atoms with Crippen molar-refractivity contribution in [3.63, 3.8) is 0 Å². The summed E-state index contributed by atoms with van der Waals surface area (Å²) in [5, 5.41) is 1.74. The van der Waals surface area contributed by atoms with Crippen LogP contribution in [0.4, 0.5) is 11.4 Å². The Kier molecular flexibility index (Phi) is 4.83. The van der Waals surface area contributed by atoms with Crippen molar-refractivity contribution in [2.45, 2.75) is 32.4 Å². The number of rotatable bonds is 4. The summed E-state index contributed by atoms with van der Waals surface area (Å²) in [6, 6.07) is 24.8. The first kappa shape index (κ1) is 19.5. The van der Waals surface area contributed by atoms with Gasteiger partial charge in [0.05, 0.1) is 17.4 Å². The maximum Gasteiger partial charge on any atom is 0.266 e. The van der Waals surface area contributed by atoms with Crippen molar-refractivity contribution in [2.24, 2.45) is 5.92 Å². The molecule has 156 valence electrons. The van der Waals surface area contributed by atoms with Crippen molar-refractivity contribution >= 4 is 23.2 Å². The minimum absolute atomic E-state index is 0.217. The highest BCUT2D eigenvalue weighted by Gasteiger charge is 2.60. The van der Waals surface area contributed by atoms with Crippen LogP contribution in [0, 0.1) is 12.8 Å². The van der Waals surface area contributed by atoms with E-state index in [1.807, 2.05) is 85.8 Å². The molecule has 3 aromatic carbocycles. The van der Waals surface area contributed by atoms with Gasteiger partial charge in [-0.2, -0.15) is 0 Å². The Labute approximate surface area is 181 Å². The van der Waals surface area contributed by atoms with Gasteiger partial charge < -0.3 is 0 Å². The van der Waals surface area contributed by atoms with Crippen LogP contribution in [0.25, 0.3) is 0 Å². The summed E-state index contributed by atoms with van der Waals surface area (Å²) in [5.41, 5.74) is 4.63. The van der Waals surface area contributed by atoms with Gasteiger partial charge in [-0.05, 0) is 54.3 Å². The molecule has 0 unspecified atom stereocenters. The molecule has 3 aromatic rings. The van der Waals surface area contributed by atoms with E-state index in [1.54, 1.807) is 5.06 Å². The molecular formula is C26H24N2O3. The van der Waals surface area contributed by atoms with Crippen LogP contribution in [-0.4, -0.2) is 17.9 Å². The molecule has 2 fully saturated rings. The fourth-order valence-electron chi connectivity index (χ4n) is 4.58. The van der Waals surface area contributed by atoms with Crippen LogP contribution in [0.1, 0.15) is 29.7 Å². The summed E-state index contributed by atoms with van der Waals surface area (Å²) < 4.78 is 0. The van der Waals surface area contributed by atoms with Crippen molar-refractivity contribution in [3.05, 3.63) is 95.6 Å². The van der Waals surface area contributed by atoms with E-state index in [0.717, 1.165) is 28.8 Å². The van der Waals surface area contributed by atoms with Crippen molar-refractivity contribution < 1.29 is 14.4 Å². The molecule has 31 heavy (non-hydrogen) atoms. The molecule has 2 amide bonds. The molecule has 2 aliphatic heterocycles. The minimum atomic E-state index is -0.844. The number of benzene rings is 3. The molecule has 2 heterocycles. The summed E-state index contributed by atoms with van der Waals surface area (Å²) in [4.78, 5) is 34.5. The fourth-order valence-corrected chi connectivity index (χ4v) is 4.58. The van der Waals surface area contributed by atoms with Gasteiger partial charge in [-0.15, -0.1) is 0 Å². The minimum Gasteiger partial charge on any atom is -0.273 e. The molecule has 5 heteroatoms. The van der Waals surface area contributed by atoms with Crippen LogP contribution in [-0.2, 0) is 20.8 Å². The van der Waals surface area contributed by atoms with Crippen LogP contribution in [0.5, 0.6) is 0 Å². The van der Waals surface area contributed by atoms with Crippen molar-refractivity contribution in [1.82, 2.24) is 0 Å². The molecule has 0 aromatic heterocycles. The topological polar surface area (TPSA) is 49.9 Å². The molecule has 0 aliphatic carbocycles. The third kappa shape index (κ3) is 3.13. The van der Waals surface area contributed by atoms with Crippen LogP contribution in [0.2, 0.25) is 0 Å². The number of amides is 2. The first-order chi connectivity index (χ1) is 15.1. The maximum atomic E-state index is 13.6. The maximum absolute atomic E-state index is 13.6. The molecule has 2 aliphatic rings. The van der Waals surface area contributed by atoms with Crippen LogP contribution in [0.15, 0.2) is 78.9 Å². The Morgan fingerprint density at radius 3 is 2.16 bits per heavy atom. The number of carbonyl (C=O) groups is 2. The van der Waals surface area contributed by atoms with Crippen molar-refractivity contribution in [3.8, 4) is 0 Å². The molecule has 0 saturated carbocycles. The van der Waals surface area contributed by atoms with Gasteiger partial charge in [0.25, 0.3) is 5.91 Å². The number of nitrogens with zero attached hydrogens (tertiary/aromatic N) is 2. The first-order valence-electron chi connectivity index (χ1n) is 10.6. The highest BCUT2D eigenvalue weighted by atomic mass is 16.7. The van der Waals surface area contributed by atoms with Crippen molar-refractivity contribution in [1.29, 1.82) is 0 Å². The molecule has 0 spiro atoms. The summed E-state index contributed by atoms with van der Waals surface area (Å²) in [6.45, 7) is 4.10.